The average Bonchev–Trinajstić information content (AvgIpc) is 2.83. The number of thioether (sulfide) groups is 1. The molecule has 1 aromatic rings. The van der Waals surface area contributed by atoms with Crippen LogP contribution >= 0.6 is 11.8 Å². The molecule has 0 aliphatic carbocycles. The zero-order valence-electron chi connectivity index (χ0n) is 15.4. The molecule has 1 saturated heterocycles. The van der Waals surface area contributed by atoms with Gasteiger partial charge in [0.1, 0.15) is 0 Å². The fourth-order valence-electron chi connectivity index (χ4n) is 2.71. The fraction of sp³-hybridized carbons (Fsp3) is 0.556. The zero-order valence-corrected chi connectivity index (χ0v) is 16.2. The largest absolute Gasteiger partial charge is 0.287 e. The summed E-state index contributed by atoms with van der Waals surface area (Å²) in [7, 11) is 0. The topological polar surface area (TPSA) is 75.8 Å². The number of amides is 1. The number of nitro benzene ring substituents is 1. The van der Waals surface area contributed by atoms with Crippen molar-refractivity contribution < 1.29 is 9.72 Å². The Balaban J connectivity index is 2.38. The van der Waals surface area contributed by atoms with Crippen molar-refractivity contribution in [2.24, 2.45) is 10.9 Å². The van der Waals surface area contributed by atoms with E-state index in [1.165, 1.54) is 23.9 Å². The van der Waals surface area contributed by atoms with E-state index in [1.54, 1.807) is 17.9 Å². The van der Waals surface area contributed by atoms with Crippen LogP contribution in [-0.4, -0.2) is 32.2 Å². The molecule has 2 rings (SSSR count). The van der Waals surface area contributed by atoms with Crippen LogP contribution in [0.4, 0.5) is 11.4 Å². The molecule has 0 bridgehead atoms. The number of nitrogens with zero attached hydrogens (tertiary/aromatic N) is 3. The number of rotatable bonds is 6. The monoisotopic (exact) mass is 363 g/mol. The number of amidine groups is 1. The Hall–Kier alpha value is -1.89. The SMILES string of the molecule is CCC(C)N1C(=O)C(CC(C)C)SC1=Nc1ccc([N+](=O)[O-])cc1C. The molecule has 25 heavy (non-hydrogen) atoms. The predicted molar refractivity (Wildman–Crippen MR) is 102 cm³/mol. The van der Waals surface area contributed by atoms with E-state index in [-0.39, 0.29) is 22.9 Å². The molecule has 1 heterocycles. The molecule has 6 nitrogen and oxygen atoms in total. The van der Waals surface area contributed by atoms with Gasteiger partial charge in [-0.3, -0.25) is 19.8 Å². The van der Waals surface area contributed by atoms with Crippen LogP contribution in [0.5, 0.6) is 0 Å². The van der Waals surface area contributed by atoms with E-state index in [1.807, 2.05) is 13.8 Å². The van der Waals surface area contributed by atoms with E-state index in [0.29, 0.717) is 16.8 Å². The van der Waals surface area contributed by atoms with Gasteiger partial charge in [-0.1, -0.05) is 32.5 Å². The van der Waals surface area contributed by atoms with Gasteiger partial charge in [-0.05, 0) is 44.2 Å². The Morgan fingerprint density at radius 1 is 1.36 bits per heavy atom. The highest BCUT2D eigenvalue weighted by molar-refractivity contribution is 8.15. The minimum atomic E-state index is -0.415. The lowest BCUT2D eigenvalue weighted by atomic mass is 10.1. The van der Waals surface area contributed by atoms with Crippen LogP contribution in [0.3, 0.4) is 0 Å². The third kappa shape index (κ3) is 4.39. The lowest BCUT2D eigenvalue weighted by Crippen LogP contribution is -2.39. The van der Waals surface area contributed by atoms with Crippen molar-refractivity contribution >= 4 is 34.2 Å². The van der Waals surface area contributed by atoms with E-state index < -0.39 is 4.92 Å². The first-order valence-corrected chi connectivity index (χ1v) is 9.46. The van der Waals surface area contributed by atoms with E-state index >= 15 is 0 Å². The van der Waals surface area contributed by atoms with Crippen molar-refractivity contribution in [1.29, 1.82) is 0 Å². The molecule has 0 saturated carbocycles. The van der Waals surface area contributed by atoms with Gasteiger partial charge in [0.05, 0.1) is 15.9 Å². The van der Waals surface area contributed by atoms with Crippen LogP contribution < -0.4 is 0 Å². The third-order valence-electron chi connectivity index (χ3n) is 4.29. The summed E-state index contributed by atoms with van der Waals surface area (Å²) in [5.41, 5.74) is 1.44. The van der Waals surface area contributed by atoms with Crippen LogP contribution in [0.25, 0.3) is 0 Å². The number of hydrogen-bond donors (Lipinski definition) is 0. The molecule has 0 spiro atoms. The standard InChI is InChI=1S/C18H25N3O3S/c1-6-13(5)20-17(22)16(9-11(2)3)25-18(20)19-15-8-7-14(21(23)24)10-12(15)4/h7-8,10-11,13,16H,6,9H2,1-5H3. The fourth-order valence-corrected chi connectivity index (χ4v) is 4.20. The molecule has 0 radical (unpaired) electrons. The second kappa shape index (κ2) is 7.99. The number of aryl methyl sites for hydroxylation is 1. The molecule has 2 unspecified atom stereocenters. The van der Waals surface area contributed by atoms with E-state index in [2.05, 4.69) is 18.8 Å². The molecular weight excluding hydrogens is 338 g/mol. The van der Waals surface area contributed by atoms with Gasteiger partial charge in [-0.25, -0.2) is 4.99 Å². The highest BCUT2D eigenvalue weighted by Crippen LogP contribution is 2.36. The number of aliphatic imine (C=N–C) groups is 1. The van der Waals surface area contributed by atoms with Crippen LogP contribution in [0.15, 0.2) is 23.2 Å². The highest BCUT2D eigenvalue weighted by atomic mass is 32.2. The summed E-state index contributed by atoms with van der Waals surface area (Å²) >= 11 is 1.51. The molecule has 136 valence electrons. The molecule has 1 aliphatic heterocycles. The van der Waals surface area contributed by atoms with Gasteiger partial charge in [0.2, 0.25) is 5.91 Å². The Morgan fingerprint density at radius 3 is 2.56 bits per heavy atom. The van der Waals surface area contributed by atoms with Crippen molar-refractivity contribution in [2.45, 2.75) is 58.8 Å². The number of non-ortho nitro benzene ring substituents is 1. The maximum Gasteiger partial charge on any atom is 0.269 e. The molecule has 7 heteroatoms. The normalized spacial score (nSPS) is 20.6. The summed E-state index contributed by atoms with van der Waals surface area (Å²) in [6, 6.07) is 4.69. The van der Waals surface area contributed by atoms with Crippen molar-refractivity contribution in [3.8, 4) is 0 Å². The van der Waals surface area contributed by atoms with E-state index in [9.17, 15) is 14.9 Å². The first-order chi connectivity index (χ1) is 11.7. The smallest absolute Gasteiger partial charge is 0.269 e. The van der Waals surface area contributed by atoms with Crippen molar-refractivity contribution in [3.63, 3.8) is 0 Å². The quantitative estimate of drug-likeness (QED) is 0.543. The van der Waals surface area contributed by atoms with Gasteiger partial charge in [0.25, 0.3) is 5.69 Å². The van der Waals surface area contributed by atoms with Gasteiger partial charge in [-0.15, -0.1) is 0 Å². The summed E-state index contributed by atoms with van der Waals surface area (Å²) in [5, 5.41) is 11.5. The van der Waals surface area contributed by atoms with E-state index in [4.69, 9.17) is 0 Å². The number of carbonyl (C=O) groups excluding carboxylic acids is 1. The van der Waals surface area contributed by atoms with Gasteiger partial charge >= 0.3 is 0 Å². The summed E-state index contributed by atoms with van der Waals surface area (Å²) in [6.07, 6.45) is 1.66. The average molecular weight is 363 g/mol. The van der Waals surface area contributed by atoms with Gasteiger partial charge in [0.15, 0.2) is 5.17 Å². The second-order valence-electron chi connectivity index (χ2n) is 6.82. The molecule has 0 aromatic heterocycles. The summed E-state index contributed by atoms with van der Waals surface area (Å²) in [4.78, 5) is 29.7. The van der Waals surface area contributed by atoms with Crippen molar-refractivity contribution in [3.05, 3.63) is 33.9 Å². The maximum atomic E-state index is 12.8. The predicted octanol–water partition coefficient (Wildman–Crippen LogP) is 4.68. The number of nitro groups is 1. The van der Waals surface area contributed by atoms with Crippen molar-refractivity contribution in [2.75, 3.05) is 0 Å². The van der Waals surface area contributed by atoms with Gasteiger partial charge in [-0.2, -0.15) is 0 Å². The first kappa shape index (κ1) is 19.4. The minimum Gasteiger partial charge on any atom is -0.287 e. The van der Waals surface area contributed by atoms with Gasteiger partial charge in [0, 0.05) is 18.2 Å². The Bertz CT molecular complexity index is 703. The number of benzene rings is 1. The van der Waals surface area contributed by atoms with Crippen LogP contribution in [0.1, 0.15) is 46.1 Å². The van der Waals surface area contributed by atoms with Crippen LogP contribution in [0, 0.1) is 23.0 Å². The summed E-state index contributed by atoms with van der Waals surface area (Å²) < 4.78 is 0. The summed E-state index contributed by atoms with van der Waals surface area (Å²) in [6.45, 7) is 10.1. The molecule has 2 atom stereocenters. The maximum absolute atomic E-state index is 12.8. The summed E-state index contributed by atoms with van der Waals surface area (Å²) in [5.74, 6) is 0.548. The first-order valence-electron chi connectivity index (χ1n) is 8.58. The highest BCUT2D eigenvalue weighted by Gasteiger charge is 2.40. The third-order valence-corrected chi connectivity index (χ3v) is 5.47. The van der Waals surface area contributed by atoms with Crippen molar-refractivity contribution in [1.82, 2.24) is 4.90 Å². The van der Waals surface area contributed by atoms with E-state index in [0.717, 1.165) is 18.4 Å². The van der Waals surface area contributed by atoms with Gasteiger partial charge < -0.3 is 0 Å². The molecule has 0 N–H and O–H groups in total. The van der Waals surface area contributed by atoms with Crippen LogP contribution in [0.2, 0.25) is 0 Å². The number of hydrogen-bond acceptors (Lipinski definition) is 5. The molecule has 1 aliphatic rings. The molecule has 1 fully saturated rings. The Morgan fingerprint density at radius 2 is 2.04 bits per heavy atom. The molecule has 1 aromatic carbocycles. The second-order valence-corrected chi connectivity index (χ2v) is 7.99. The number of carbonyl (C=O) groups is 1. The molecule has 1 amide bonds. The Labute approximate surface area is 152 Å². The van der Waals surface area contributed by atoms with Crippen LogP contribution in [-0.2, 0) is 4.79 Å². The zero-order chi connectivity index (χ0) is 18.7. The lowest BCUT2D eigenvalue weighted by molar-refractivity contribution is -0.384. The lowest BCUT2D eigenvalue weighted by Gasteiger charge is -2.23. The molecular formula is C18H25N3O3S. The Kier molecular flexibility index (Phi) is 6.21. The minimum absolute atomic E-state index is 0.0491.